The predicted octanol–water partition coefficient (Wildman–Crippen LogP) is 3.91. The Labute approximate surface area is 162 Å². The van der Waals surface area contributed by atoms with Gasteiger partial charge in [0.25, 0.3) is 0 Å². The van der Waals surface area contributed by atoms with Gasteiger partial charge in [-0.25, -0.2) is 4.79 Å². The fraction of sp³-hybridized carbons (Fsp3) is 0.263. The van der Waals surface area contributed by atoms with Crippen molar-refractivity contribution < 1.29 is 9.59 Å². The molecule has 3 rings (SSSR count). The van der Waals surface area contributed by atoms with Crippen LogP contribution in [0.1, 0.15) is 5.56 Å². The van der Waals surface area contributed by atoms with Gasteiger partial charge in [-0.3, -0.25) is 4.79 Å². The topological polar surface area (TPSA) is 52.7 Å². The zero-order valence-corrected chi connectivity index (χ0v) is 15.6. The van der Waals surface area contributed by atoms with E-state index in [0.717, 1.165) is 5.56 Å². The largest absolute Gasteiger partial charge is 0.339 e. The second-order valence-corrected chi connectivity index (χ2v) is 6.98. The fourth-order valence-electron chi connectivity index (χ4n) is 2.82. The van der Waals surface area contributed by atoms with Gasteiger partial charge in [0.1, 0.15) is 0 Å². The second kappa shape index (κ2) is 8.43. The summed E-state index contributed by atoms with van der Waals surface area (Å²) in [6, 6.07) is 14.1. The van der Waals surface area contributed by atoms with E-state index in [2.05, 4.69) is 5.32 Å². The molecule has 1 saturated heterocycles. The summed E-state index contributed by atoms with van der Waals surface area (Å²) in [4.78, 5) is 28.2. The first kappa shape index (κ1) is 18.5. The van der Waals surface area contributed by atoms with Crippen molar-refractivity contribution in [2.24, 2.45) is 0 Å². The molecule has 3 amide bonds. The first-order chi connectivity index (χ1) is 12.5. The van der Waals surface area contributed by atoms with Crippen molar-refractivity contribution in [1.82, 2.24) is 9.80 Å². The molecule has 2 aromatic carbocycles. The van der Waals surface area contributed by atoms with Crippen molar-refractivity contribution in [1.29, 1.82) is 0 Å². The minimum absolute atomic E-state index is 0.0576. The van der Waals surface area contributed by atoms with Crippen LogP contribution in [0.25, 0.3) is 0 Å². The van der Waals surface area contributed by atoms with Crippen LogP contribution in [-0.4, -0.2) is 47.9 Å². The molecule has 0 unspecified atom stereocenters. The number of halogens is 2. The lowest BCUT2D eigenvalue weighted by atomic mass is 10.1. The number of nitrogens with one attached hydrogen (secondary N) is 1. The van der Waals surface area contributed by atoms with E-state index >= 15 is 0 Å². The van der Waals surface area contributed by atoms with Gasteiger partial charge < -0.3 is 15.1 Å². The molecule has 1 aliphatic heterocycles. The number of urea groups is 1. The van der Waals surface area contributed by atoms with Crippen molar-refractivity contribution in [2.45, 2.75) is 6.42 Å². The van der Waals surface area contributed by atoms with Gasteiger partial charge >= 0.3 is 6.03 Å². The van der Waals surface area contributed by atoms with Crippen molar-refractivity contribution in [3.8, 4) is 0 Å². The third kappa shape index (κ3) is 4.90. The van der Waals surface area contributed by atoms with Crippen molar-refractivity contribution >= 4 is 40.8 Å². The molecule has 0 atom stereocenters. The van der Waals surface area contributed by atoms with Gasteiger partial charge in [-0.15, -0.1) is 0 Å². The molecule has 26 heavy (non-hydrogen) atoms. The lowest BCUT2D eigenvalue weighted by molar-refractivity contribution is -0.131. The zero-order valence-electron chi connectivity index (χ0n) is 14.1. The van der Waals surface area contributed by atoms with Crippen molar-refractivity contribution in [3.63, 3.8) is 0 Å². The van der Waals surface area contributed by atoms with Crippen LogP contribution in [-0.2, 0) is 11.2 Å². The van der Waals surface area contributed by atoms with Gasteiger partial charge in [-0.05, 0) is 35.9 Å². The number of piperazine rings is 1. The quantitative estimate of drug-likeness (QED) is 0.861. The lowest BCUT2D eigenvalue weighted by Gasteiger charge is -2.34. The van der Waals surface area contributed by atoms with E-state index < -0.39 is 0 Å². The summed E-state index contributed by atoms with van der Waals surface area (Å²) in [6.07, 6.45) is 0.339. The minimum Gasteiger partial charge on any atom is -0.339 e. The molecule has 0 aliphatic carbocycles. The summed E-state index contributed by atoms with van der Waals surface area (Å²) in [5, 5.41) is 4.05. The molecule has 1 N–H and O–H groups in total. The first-order valence-electron chi connectivity index (χ1n) is 8.35. The molecule has 0 bridgehead atoms. The molecular weight excluding hydrogens is 373 g/mol. The molecule has 2 aromatic rings. The Hall–Kier alpha value is -2.24. The molecule has 1 aliphatic rings. The number of hydrogen-bond donors (Lipinski definition) is 1. The number of nitrogens with zero attached hydrogens (tertiary/aromatic N) is 2. The fourth-order valence-corrected chi connectivity index (χ4v) is 3.13. The maximum Gasteiger partial charge on any atom is 0.321 e. The predicted molar refractivity (Wildman–Crippen MR) is 104 cm³/mol. The Morgan fingerprint density at radius 1 is 0.885 bits per heavy atom. The summed E-state index contributed by atoms with van der Waals surface area (Å²) in [5.74, 6) is 0.0576. The Balaban J connectivity index is 1.49. The molecule has 5 nitrogen and oxygen atoms in total. The van der Waals surface area contributed by atoms with Gasteiger partial charge in [-0.2, -0.15) is 0 Å². The van der Waals surface area contributed by atoms with E-state index in [9.17, 15) is 9.59 Å². The lowest BCUT2D eigenvalue weighted by Crippen LogP contribution is -2.52. The van der Waals surface area contributed by atoms with Gasteiger partial charge in [0, 0.05) is 41.9 Å². The van der Waals surface area contributed by atoms with Crippen LogP contribution in [0.5, 0.6) is 0 Å². The van der Waals surface area contributed by atoms with Crippen LogP contribution in [0.4, 0.5) is 10.5 Å². The number of benzene rings is 2. The van der Waals surface area contributed by atoms with Crippen LogP contribution in [0, 0.1) is 0 Å². The summed E-state index contributed by atoms with van der Waals surface area (Å²) in [7, 11) is 0. The number of rotatable bonds is 3. The highest BCUT2D eigenvalue weighted by Crippen LogP contribution is 2.16. The van der Waals surface area contributed by atoms with Crippen LogP contribution in [0.2, 0.25) is 10.0 Å². The molecule has 1 fully saturated rings. The number of amides is 3. The smallest absolute Gasteiger partial charge is 0.321 e. The number of hydrogen-bond acceptors (Lipinski definition) is 2. The Kier molecular flexibility index (Phi) is 6.01. The molecule has 0 saturated carbocycles. The average Bonchev–Trinajstić information content (AvgIpc) is 2.64. The van der Waals surface area contributed by atoms with Crippen LogP contribution >= 0.6 is 23.2 Å². The van der Waals surface area contributed by atoms with E-state index in [1.807, 2.05) is 12.1 Å². The Morgan fingerprint density at radius 3 is 2.19 bits per heavy atom. The normalized spacial score (nSPS) is 14.2. The van der Waals surface area contributed by atoms with E-state index in [-0.39, 0.29) is 11.9 Å². The monoisotopic (exact) mass is 391 g/mol. The third-order valence-corrected chi connectivity index (χ3v) is 4.75. The van der Waals surface area contributed by atoms with Gasteiger partial charge in [0.15, 0.2) is 0 Å². The first-order valence-corrected chi connectivity index (χ1v) is 9.10. The van der Waals surface area contributed by atoms with Crippen LogP contribution in [0.3, 0.4) is 0 Å². The van der Waals surface area contributed by atoms with Crippen LogP contribution < -0.4 is 5.32 Å². The number of anilines is 1. The second-order valence-electron chi connectivity index (χ2n) is 6.11. The molecule has 1 heterocycles. The van der Waals surface area contributed by atoms with Gasteiger partial charge in [-0.1, -0.05) is 41.4 Å². The highest BCUT2D eigenvalue weighted by molar-refractivity contribution is 6.31. The van der Waals surface area contributed by atoms with E-state index in [0.29, 0.717) is 48.3 Å². The number of carbonyl (C=O) groups is 2. The summed E-state index contributed by atoms with van der Waals surface area (Å²) >= 11 is 11.8. The Bertz CT molecular complexity index is 788. The van der Waals surface area contributed by atoms with E-state index in [4.69, 9.17) is 23.2 Å². The SMILES string of the molecule is O=C(Cc1ccc(Cl)cc1)N1CCN(C(=O)Nc2cccc(Cl)c2)CC1. The van der Waals surface area contributed by atoms with Crippen LogP contribution in [0.15, 0.2) is 48.5 Å². The maximum absolute atomic E-state index is 12.4. The standard InChI is InChI=1S/C19H19Cl2N3O2/c20-15-6-4-14(5-7-15)12-18(25)23-8-10-24(11-9-23)19(26)22-17-3-1-2-16(21)13-17/h1-7,13H,8-12H2,(H,22,26). The molecular formula is C19H19Cl2N3O2. The van der Waals surface area contributed by atoms with Gasteiger partial charge in [0.2, 0.25) is 5.91 Å². The summed E-state index contributed by atoms with van der Waals surface area (Å²) in [6.45, 7) is 2.04. The zero-order chi connectivity index (χ0) is 18.5. The average molecular weight is 392 g/mol. The van der Waals surface area contributed by atoms with E-state index in [1.165, 1.54) is 0 Å². The summed E-state index contributed by atoms with van der Waals surface area (Å²) in [5.41, 5.74) is 1.59. The Morgan fingerprint density at radius 2 is 1.54 bits per heavy atom. The number of carbonyl (C=O) groups excluding carboxylic acids is 2. The maximum atomic E-state index is 12.4. The molecule has 136 valence electrons. The molecule has 0 aromatic heterocycles. The van der Waals surface area contributed by atoms with Crippen molar-refractivity contribution in [3.05, 3.63) is 64.1 Å². The summed E-state index contributed by atoms with van der Waals surface area (Å²) < 4.78 is 0. The molecule has 0 radical (unpaired) electrons. The third-order valence-electron chi connectivity index (χ3n) is 4.26. The molecule has 0 spiro atoms. The van der Waals surface area contributed by atoms with Crippen molar-refractivity contribution in [2.75, 3.05) is 31.5 Å². The van der Waals surface area contributed by atoms with E-state index in [1.54, 1.807) is 46.2 Å². The van der Waals surface area contributed by atoms with Gasteiger partial charge in [0.05, 0.1) is 6.42 Å². The minimum atomic E-state index is -0.183. The highest BCUT2D eigenvalue weighted by Gasteiger charge is 2.24. The molecule has 7 heteroatoms. The highest BCUT2D eigenvalue weighted by atomic mass is 35.5.